The standard InChI is InChI=1S/C35H41N3O5/c1-23-19-38(24(2)21-39)34(40)32-31(28-17-11-12-18-29(28)37(32)4)27-16-10-9-15-26(27)22-43-30(23)20-36(3)35(41)33(42-5)25-13-7-6-8-14-25/h6-18,23-24,30,33,39H,19-22H2,1-5H3/t23-,24-,30-,33-/m1/s1. The molecule has 8 nitrogen and oxygen atoms in total. The minimum Gasteiger partial charge on any atom is -0.394 e. The quantitative estimate of drug-likeness (QED) is 0.329. The zero-order valence-corrected chi connectivity index (χ0v) is 25.6. The van der Waals surface area contributed by atoms with Crippen LogP contribution >= 0.6 is 0 Å². The molecular formula is C35H41N3O5. The van der Waals surface area contributed by atoms with Gasteiger partial charge >= 0.3 is 0 Å². The van der Waals surface area contributed by atoms with Crippen LogP contribution in [-0.4, -0.2) is 77.3 Å². The maximum Gasteiger partial charge on any atom is 0.271 e. The van der Waals surface area contributed by atoms with Crippen molar-refractivity contribution in [1.82, 2.24) is 14.4 Å². The molecular weight excluding hydrogens is 542 g/mol. The van der Waals surface area contributed by atoms with Crippen LogP contribution in [0.5, 0.6) is 0 Å². The Morgan fingerprint density at radius 1 is 1.07 bits per heavy atom. The fourth-order valence-electron chi connectivity index (χ4n) is 6.09. The number of rotatable bonds is 7. The number of nitrogens with zero attached hydrogens (tertiary/aromatic N) is 3. The van der Waals surface area contributed by atoms with Crippen molar-refractivity contribution in [3.63, 3.8) is 0 Å². The number of aromatic nitrogens is 1. The van der Waals surface area contributed by atoms with Crippen LogP contribution in [0, 0.1) is 5.92 Å². The first kappa shape index (κ1) is 30.5. The number of carbonyl (C=O) groups excluding carboxylic acids is 2. The highest BCUT2D eigenvalue weighted by atomic mass is 16.5. The number of fused-ring (bicyclic) bond motifs is 5. The van der Waals surface area contributed by atoms with E-state index < -0.39 is 18.2 Å². The molecule has 0 aliphatic carbocycles. The lowest BCUT2D eigenvalue weighted by Gasteiger charge is -2.35. The summed E-state index contributed by atoms with van der Waals surface area (Å²) in [5.74, 6) is -0.477. The summed E-state index contributed by atoms with van der Waals surface area (Å²) in [4.78, 5) is 31.5. The van der Waals surface area contributed by atoms with Gasteiger partial charge in [-0.15, -0.1) is 0 Å². The van der Waals surface area contributed by atoms with Gasteiger partial charge in [-0.25, -0.2) is 0 Å². The van der Waals surface area contributed by atoms with Gasteiger partial charge in [0.05, 0.1) is 25.4 Å². The largest absolute Gasteiger partial charge is 0.394 e. The minimum absolute atomic E-state index is 0.148. The predicted octanol–water partition coefficient (Wildman–Crippen LogP) is 5.05. The number of para-hydroxylation sites is 1. The van der Waals surface area contributed by atoms with Gasteiger partial charge in [-0.05, 0) is 29.7 Å². The van der Waals surface area contributed by atoms with Crippen molar-refractivity contribution in [2.45, 2.75) is 38.7 Å². The van der Waals surface area contributed by atoms with Crippen molar-refractivity contribution in [2.75, 3.05) is 33.9 Å². The van der Waals surface area contributed by atoms with Crippen LogP contribution in [0.15, 0.2) is 78.9 Å². The summed E-state index contributed by atoms with van der Waals surface area (Å²) in [6.07, 6.45) is -1.13. The third-order valence-electron chi connectivity index (χ3n) is 8.62. The number of likely N-dealkylation sites (N-methyl/N-ethyl adjacent to an activating group) is 1. The molecule has 1 aliphatic heterocycles. The lowest BCUT2D eigenvalue weighted by Crippen LogP contribution is -2.48. The molecule has 0 saturated carbocycles. The van der Waals surface area contributed by atoms with Crippen molar-refractivity contribution in [1.29, 1.82) is 0 Å². The van der Waals surface area contributed by atoms with Gasteiger partial charge in [-0.2, -0.15) is 0 Å². The number of aryl methyl sites for hydroxylation is 1. The number of hydrogen-bond acceptors (Lipinski definition) is 5. The Balaban J connectivity index is 1.55. The van der Waals surface area contributed by atoms with E-state index in [2.05, 4.69) is 0 Å². The molecule has 4 atom stereocenters. The van der Waals surface area contributed by atoms with E-state index in [0.717, 1.165) is 33.2 Å². The fraction of sp³-hybridized carbons (Fsp3) is 0.371. The maximum absolute atomic E-state index is 14.5. The van der Waals surface area contributed by atoms with E-state index in [1.54, 1.807) is 16.8 Å². The van der Waals surface area contributed by atoms with E-state index >= 15 is 0 Å². The minimum atomic E-state index is -0.736. The fourth-order valence-corrected chi connectivity index (χ4v) is 6.09. The third-order valence-corrected chi connectivity index (χ3v) is 8.62. The normalized spacial score (nSPS) is 18.8. The van der Waals surface area contributed by atoms with Gasteiger partial charge in [0, 0.05) is 56.7 Å². The van der Waals surface area contributed by atoms with Gasteiger partial charge in [0.25, 0.3) is 11.8 Å². The SMILES string of the molecule is CO[C@@H](C(=O)N(C)C[C@H]1OCc2ccccc2-c2c(n(C)c3ccccc23)C(=O)N([C@H](C)CO)C[C@H]1C)c1ccccc1. The molecule has 0 unspecified atom stereocenters. The van der Waals surface area contributed by atoms with Crippen molar-refractivity contribution in [3.05, 3.63) is 95.7 Å². The van der Waals surface area contributed by atoms with Gasteiger partial charge in [-0.1, -0.05) is 79.7 Å². The summed E-state index contributed by atoms with van der Waals surface area (Å²) in [6, 6.07) is 25.1. The summed E-state index contributed by atoms with van der Waals surface area (Å²) in [7, 11) is 5.21. The van der Waals surface area contributed by atoms with Gasteiger partial charge in [0.15, 0.2) is 6.10 Å². The van der Waals surface area contributed by atoms with Crippen LogP contribution in [0.25, 0.3) is 22.0 Å². The van der Waals surface area contributed by atoms with Crippen molar-refractivity contribution < 1.29 is 24.2 Å². The number of aliphatic hydroxyl groups excluding tert-OH is 1. The smallest absolute Gasteiger partial charge is 0.271 e. The van der Waals surface area contributed by atoms with Crippen LogP contribution in [0.2, 0.25) is 0 Å². The van der Waals surface area contributed by atoms with Gasteiger partial charge in [0.1, 0.15) is 5.69 Å². The topological polar surface area (TPSA) is 84.2 Å². The second-order valence-corrected chi connectivity index (χ2v) is 11.5. The first-order valence-corrected chi connectivity index (χ1v) is 14.8. The summed E-state index contributed by atoms with van der Waals surface area (Å²) < 4.78 is 14.2. The Morgan fingerprint density at radius 3 is 2.47 bits per heavy atom. The molecule has 0 saturated heterocycles. The maximum atomic E-state index is 14.5. The molecule has 3 aromatic carbocycles. The molecule has 5 rings (SSSR count). The van der Waals surface area contributed by atoms with E-state index in [0.29, 0.717) is 25.4 Å². The summed E-state index contributed by atoms with van der Waals surface area (Å²) in [5, 5.41) is 11.2. The molecule has 0 fully saturated rings. The van der Waals surface area contributed by atoms with Crippen LogP contribution in [0.1, 0.15) is 41.6 Å². The van der Waals surface area contributed by atoms with Gasteiger partial charge in [-0.3, -0.25) is 9.59 Å². The van der Waals surface area contributed by atoms with Crippen LogP contribution in [0.3, 0.4) is 0 Å². The van der Waals surface area contributed by atoms with Crippen LogP contribution in [-0.2, 0) is 27.9 Å². The number of carbonyl (C=O) groups is 2. The first-order valence-electron chi connectivity index (χ1n) is 14.8. The molecule has 0 bridgehead atoms. The highest BCUT2D eigenvalue weighted by Crippen LogP contribution is 2.38. The highest BCUT2D eigenvalue weighted by Gasteiger charge is 2.34. The lowest BCUT2D eigenvalue weighted by atomic mass is 9.96. The molecule has 2 heterocycles. The average Bonchev–Trinajstić information content (AvgIpc) is 3.32. The van der Waals surface area contributed by atoms with Crippen molar-refractivity contribution in [3.8, 4) is 11.1 Å². The number of ether oxygens (including phenoxy) is 2. The molecule has 226 valence electrons. The van der Waals surface area contributed by atoms with Crippen molar-refractivity contribution in [2.24, 2.45) is 13.0 Å². The Bertz CT molecular complexity index is 1580. The molecule has 1 N–H and O–H groups in total. The van der Waals surface area contributed by atoms with Crippen LogP contribution < -0.4 is 0 Å². The van der Waals surface area contributed by atoms with E-state index in [-0.39, 0.29) is 24.3 Å². The number of benzene rings is 3. The molecule has 4 aromatic rings. The number of aliphatic hydroxyl groups is 1. The molecule has 8 heteroatoms. The van der Waals surface area contributed by atoms with E-state index in [4.69, 9.17) is 9.47 Å². The summed E-state index contributed by atoms with van der Waals surface area (Å²) >= 11 is 0. The van der Waals surface area contributed by atoms with E-state index in [9.17, 15) is 14.7 Å². The predicted molar refractivity (Wildman–Crippen MR) is 168 cm³/mol. The number of amides is 2. The second-order valence-electron chi connectivity index (χ2n) is 11.5. The Hall–Kier alpha value is -3.98. The molecule has 0 radical (unpaired) electrons. The Morgan fingerprint density at radius 2 is 1.74 bits per heavy atom. The Labute approximate surface area is 253 Å². The van der Waals surface area contributed by atoms with Gasteiger partial charge in [0.2, 0.25) is 0 Å². The van der Waals surface area contributed by atoms with Gasteiger partial charge < -0.3 is 28.9 Å². The average molecular weight is 584 g/mol. The second kappa shape index (κ2) is 13.1. The van der Waals surface area contributed by atoms with Crippen molar-refractivity contribution >= 4 is 22.7 Å². The van der Waals surface area contributed by atoms with Crippen LogP contribution in [0.4, 0.5) is 0 Å². The zero-order valence-electron chi connectivity index (χ0n) is 25.6. The molecule has 1 aromatic heterocycles. The van der Waals surface area contributed by atoms with E-state index in [1.807, 2.05) is 104 Å². The number of methoxy groups -OCH3 is 1. The third kappa shape index (κ3) is 5.95. The summed E-state index contributed by atoms with van der Waals surface area (Å²) in [6.45, 7) is 4.67. The summed E-state index contributed by atoms with van der Waals surface area (Å²) in [5.41, 5.74) is 5.08. The highest BCUT2D eigenvalue weighted by molar-refractivity contribution is 6.10. The van der Waals surface area contributed by atoms with E-state index in [1.165, 1.54) is 7.11 Å². The zero-order chi connectivity index (χ0) is 30.7. The molecule has 0 spiro atoms. The molecule has 1 aliphatic rings. The lowest BCUT2D eigenvalue weighted by molar-refractivity contribution is -0.143. The monoisotopic (exact) mass is 583 g/mol. The first-order chi connectivity index (χ1) is 20.8. The number of hydrogen-bond donors (Lipinski definition) is 1. The molecule has 43 heavy (non-hydrogen) atoms. The Kier molecular flexibility index (Phi) is 9.30. The molecule has 2 amide bonds.